The number of carboxylic acid groups (broad SMARTS) is 1. The van der Waals surface area contributed by atoms with Crippen LogP contribution in [0.5, 0.6) is 5.75 Å². The number of phenolic OH excluding ortho intramolecular Hbond substituents is 1. The molecule has 0 fully saturated rings. The SMILES string of the molecule is NC(Cc1ccc(O)cc1)C(=O)NC(CO)C(=O)NC(CS)C(=O)NCC(=O)O. The van der Waals surface area contributed by atoms with Crippen molar-refractivity contribution in [3.63, 3.8) is 0 Å². The third-order valence-electron chi connectivity index (χ3n) is 3.77. The number of phenols is 1. The van der Waals surface area contributed by atoms with Gasteiger partial charge in [-0.3, -0.25) is 19.2 Å². The van der Waals surface area contributed by atoms with Crippen molar-refractivity contribution in [3.05, 3.63) is 29.8 Å². The van der Waals surface area contributed by atoms with Crippen molar-refractivity contribution in [2.75, 3.05) is 18.9 Å². The topological polar surface area (TPSA) is 191 Å². The Kier molecular flexibility index (Phi) is 9.92. The summed E-state index contributed by atoms with van der Waals surface area (Å²) in [5, 5.41) is 33.9. The quantitative estimate of drug-likeness (QED) is 0.175. The monoisotopic (exact) mass is 428 g/mol. The normalized spacial score (nSPS) is 13.6. The molecule has 0 aliphatic heterocycles. The summed E-state index contributed by atoms with van der Waals surface area (Å²) < 4.78 is 0. The number of carboxylic acids is 1. The maximum Gasteiger partial charge on any atom is 0.322 e. The van der Waals surface area contributed by atoms with E-state index in [1.807, 2.05) is 0 Å². The van der Waals surface area contributed by atoms with Crippen molar-refractivity contribution in [1.82, 2.24) is 16.0 Å². The van der Waals surface area contributed by atoms with Gasteiger partial charge >= 0.3 is 5.97 Å². The Labute approximate surface area is 172 Å². The molecule has 0 radical (unpaired) electrons. The maximum absolute atomic E-state index is 12.3. The van der Waals surface area contributed by atoms with Gasteiger partial charge in [-0.25, -0.2) is 0 Å². The summed E-state index contributed by atoms with van der Waals surface area (Å²) in [6.07, 6.45) is 0.128. The second kappa shape index (κ2) is 11.9. The van der Waals surface area contributed by atoms with Crippen molar-refractivity contribution in [2.45, 2.75) is 24.5 Å². The number of nitrogens with one attached hydrogen (secondary N) is 3. The number of aliphatic hydroxyl groups is 1. The Morgan fingerprint density at radius 3 is 2.10 bits per heavy atom. The average molecular weight is 428 g/mol. The molecule has 3 unspecified atom stereocenters. The minimum absolute atomic E-state index is 0.0647. The zero-order chi connectivity index (χ0) is 22.0. The molecule has 0 aromatic heterocycles. The number of hydrogen-bond acceptors (Lipinski definition) is 8. The molecule has 0 saturated carbocycles. The highest BCUT2D eigenvalue weighted by Crippen LogP contribution is 2.11. The lowest BCUT2D eigenvalue weighted by Crippen LogP contribution is -2.57. The Morgan fingerprint density at radius 2 is 1.59 bits per heavy atom. The molecule has 1 rings (SSSR count). The Hall–Kier alpha value is -2.83. The molecule has 3 amide bonds. The van der Waals surface area contributed by atoms with Gasteiger partial charge in [-0.15, -0.1) is 0 Å². The number of nitrogens with two attached hydrogens (primary N) is 1. The van der Waals surface area contributed by atoms with E-state index in [0.717, 1.165) is 0 Å². The number of rotatable bonds is 11. The van der Waals surface area contributed by atoms with Crippen LogP contribution in [0.1, 0.15) is 5.56 Å². The van der Waals surface area contributed by atoms with Gasteiger partial charge in [-0.05, 0) is 24.1 Å². The van der Waals surface area contributed by atoms with E-state index in [1.165, 1.54) is 12.1 Å². The van der Waals surface area contributed by atoms with Gasteiger partial charge in [0.1, 0.15) is 24.4 Å². The lowest BCUT2D eigenvalue weighted by Gasteiger charge is -2.22. The Balaban J connectivity index is 2.63. The van der Waals surface area contributed by atoms with Crippen LogP contribution in [0.4, 0.5) is 0 Å². The van der Waals surface area contributed by atoms with Crippen LogP contribution in [0.25, 0.3) is 0 Å². The fraction of sp³-hybridized carbons (Fsp3) is 0.412. The molecule has 0 aliphatic carbocycles. The van der Waals surface area contributed by atoms with Crippen molar-refractivity contribution < 1.29 is 34.5 Å². The van der Waals surface area contributed by atoms with Crippen molar-refractivity contribution in [1.29, 1.82) is 0 Å². The molecule has 0 bridgehead atoms. The Morgan fingerprint density at radius 1 is 1.00 bits per heavy atom. The van der Waals surface area contributed by atoms with Crippen LogP contribution < -0.4 is 21.7 Å². The van der Waals surface area contributed by atoms with Gasteiger partial charge in [-0.1, -0.05) is 12.1 Å². The summed E-state index contributed by atoms with van der Waals surface area (Å²) in [4.78, 5) is 46.8. The fourth-order valence-electron chi connectivity index (χ4n) is 2.20. The number of aromatic hydroxyl groups is 1. The van der Waals surface area contributed by atoms with Crippen molar-refractivity contribution in [2.24, 2.45) is 5.73 Å². The Bertz CT molecular complexity index is 729. The predicted octanol–water partition coefficient (Wildman–Crippen LogP) is -2.65. The van der Waals surface area contributed by atoms with E-state index >= 15 is 0 Å². The molecule has 0 spiro atoms. The van der Waals surface area contributed by atoms with Gasteiger partial charge in [0.15, 0.2) is 0 Å². The minimum atomic E-state index is -1.37. The first-order valence-corrected chi connectivity index (χ1v) is 9.16. The zero-order valence-electron chi connectivity index (χ0n) is 15.4. The summed E-state index contributed by atoms with van der Waals surface area (Å²) in [5.74, 6) is -3.67. The minimum Gasteiger partial charge on any atom is -0.508 e. The molecule has 160 valence electrons. The molecule has 3 atom stereocenters. The smallest absolute Gasteiger partial charge is 0.322 e. The number of aliphatic hydroxyl groups excluding tert-OH is 1. The summed E-state index contributed by atoms with van der Waals surface area (Å²) >= 11 is 3.93. The predicted molar refractivity (Wildman–Crippen MR) is 105 cm³/mol. The number of carbonyl (C=O) groups excluding carboxylic acids is 3. The highest BCUT2D eigenvalue weighted by molar-refractivity contribution is 7.80. The molecular weight excluding hydrogens is 404 g/mol. The van der Waals surface area contributed by atoms with Crippen molar-refractivity contribution >= 4 is 36.3 Å². The lowest BCUT2D eigenvalue weighted by atomic mass is 10.1. The lowest BCUT2D eigenvalue weighted by molar-refractivity contribution is -0.138. The number of hydrogen-bond donors (Lipinski definition) is 8. The third-order valence-corrected chi connectivity index (χ3v) is 4.14. The molecule has 29 heavy (non-hydrogen) atoms. The molecule has 1 aromatic carbocycles. The van der Waals surface area contributed by atoms with Crippen LogP contribution in [0.15, 0.2) is 24.3 Å². The summed E-state index contributed by atoms with van der Waals surface area (Å²) in [6.45, 7) is -1.38. The number of amides is 3. The highest BCUT2D eigenvalue weighted by atomic mass is 32.1. The third kappa shape index (κ3) is 8.37. The molecule has 8 N–H and O–H groups in total. The zero-order valence-corrected chi connectivity index (χ0v) is 16.3. The van der Waals surface area contributed by atoms with Gasteiger partial charge in [0.25, 0.3) is 0 Å². The summed E-state index contributed by atoms with van der Waals surface area (Å²) in [6, 6.07) is 2.50. The van der Waals surface area contributed by atoms with Gasteiger partial charge < -0.3 is 37.0 Å². The first kappa shape index (κ1) is 24.2. The molecule has 1 aromatic rings. The standard InChI is InChI=1S/C17H24N4O7S/c18-11(5-9-1-3-10(23)4-2-9)15(26)20-12(7-22)17(28)21-13(8-29)16(27)19-6-14(24)25/h1-4,11-13,22-23,29H,5-8,18H2,(H,19,27)(H,20,26)(H,21,28)(H,24,25). The van der Waals surface area contributed by atoms with Crippen molar-refractivity contribution in [3.8, 4) is 5.75 Å². The molecule has 0 saturated heterocycles. The fourth-order valence-corrected chi connectivity index (χ4v) is 2.46. The van der Waals surface area contributed by atoms with Crippen LogP contribution in [0.2, 0.25) is 0 Å². The van der Waals surface area contributed by atoms with Gasteiger partial charge in [0.2, 0.25) is 17.7 Å². The second-order valence-electron chi connectivity index (χ2n) is 6.08. The average Bonchev–Trinajstić information content (AvgIpc) is 2.69. The number of benzene rings is 1. The number of thiol groups is 1. The summed E-state index contributed by atoms with van der Waals surface area (Å²) in [5.41, 5.74) is 6.50. The molecule has 12 heteroatoms. The summed E-state index contributed by atoms with van der Waals surface area (Å²) in [7, 11) is 0. The molecular formula is C17H24N4O7S. The highest BCUT2D eigenvalue weighted by Gasteiger charge is 2.27. The largest absolute Gasteiger partial charge is 0.508 e. The van der Waals surface area contributed by atoms with Crippen LogP contribution in [0.3, 0.4) is 0 Å². The van der Waals surface area contributed by atoms with E-state index in [2.05, 4.69) is 28.6 Å². The van der Waals surface area contributed by atoms with Gasteiger partial charge in [0.05, 0.1) is 12.6 Å². The van der Waals surface area contributed by atoms with Crippen LogP contribution >= 0.6 is 12.6 Å². The molecule has 11 nitrogen and oxygen atoms in total. The van der Waals surface area contributed by atoms with Crippen LogP contribution in [-0.2, 0) is 25.6 Å². The first-order valence-electron chi connectivity index (χ1n) is 8.53. The first-order chi connectivity index (χ1) is 13.7. The molecule has 0 aliphatic rings. The van der Waals surface area contributed by atoms with E-state index < -0.39 is 55.0 Å². The van der Waals surface area contributed by atoms with E-state index in [9.17, 15) is 29.4 Å². The second-order valence-corrected chi connectivity index (χ2v) is 6.44. The van der Waals surface area contributed by atoms with E-state index in [0.29, 0.717) is 5.56 Å². The van der Waals surface area contributed by atoms with Crippen LogP contribution in [-0.4, -0.2) is 76.0 Å². The van der Waals surface area contributed by atoms with E-state index in [-0.39, 0.29) is 17.9 Å². The molecule has 0 heterocycles. The number of aliphatic carboxylic acids is 1. The van der Waals surface area contributed by atoms with E-state index in [1.54, 1.807) is 12.1 Å². The van der Waals surface area contributed by atoms with Gasteiger partial charge in [0, 0.05) is 5.75 Å². The van der Waals surface area contributed by atoms with Gasteiger partial charge in [-0.2, -0.15) is 12.6 Å². The number of carbonyl (C=O) groups is 4. The van der Waals surface area contributed by atoms with E-state index in [4.69, 9.17) is 10.8 Å². The maximum atomic E-state index is 12.3. The van der Waals surface area contributed by atoms with Crippen LogP contribution in [0, 0.1) is 0 Å².